The second kappa shape index (κ2) is 5.27. The van der Waals surface area contributed by atoms with E-state index in [1.807, 2.05) is 13.8 Å². The van der Waals surface area contributed by atoms with E-state index in [4.69, 9.17) is 16.2 Å². The summed E-state index contributed by atoms with van der Waals surface area (Å²) in [5, 5.41) is 0. The van der Waals surface area contributed by atoms with Crippen molar-refractivity contribution in [2.45, 2.75) is 38.5 Å². The summed E-state index contributed by atoms with van der Waals surface area (Å²) in [6, 6.07) is -0.838. The van der Waals surface area contributed by atoms with Gasteiger partial charge in [-0.25, -0.2) is 0 Å². The molecule has 0 aliphatic carbocycles. The van der Waals surface area contributed by atoms with Crippen LogP contribution in [0.5, 0.6) is 0 Å². The maximum absolute atomic E-state index is 11.9. The van der Waals surface area contributed by atoms with Crippen LogP contribution in [-0.4, -0.2) is 48.1 Å². The first-order valence-corrected chi connectivity index (χ1v) is 5.38. The van der Waals surface area contributed by atoms with Crippen LogP contribution < -0.4 is 11.5 Å². The summed E-state index contributed by atoms with van der Waals surface area (Å²) in [5.74, 6) is -0.795. The molecule has 1 aliphatic rings. The first-order chi connectivity index (χ1) is 7.40. The van der Waals surface area contributed by atoms with Crippen LogP contribution >= 0.6 is 0 Å². The zero-order chi connectivity index (χ0) is 12.3. The van der Waals surface area contributed by atoms with E-state index in [-0.39, 0.29) is 24.5 Å². The number of amides is 2. The van der Waals surface area contributed by atoms with Crippen molar-refractivity contribution in [3.8, 4) is 0 Å². The maximum Gasteiger partial charge on any atom is 0.240 e. The summed E-state index contributed by atoms with van der Waals surface area (Å²) in [4.78, 5) is 24.2. The predicted molar refractivity (Wildman–Crippen MR) is 58.4 cm³/mol. The SMILES string of the molecule is C[C@@H]1CN(C(=O)C(N)CC(N)=O)C[C@H](C)O1. The van der Waals surface area contributed by atoms with Gasteiger partial charge in [-0.05, 0) is 13.8 Å². The van der Waals surface area contributed by atoms with Gasteiger partial charge in [-0.2, -0.15) is 0 Å². The molecular formula is C10H19N3O3. The summed E-state index contributed by atoms with van der Waals surface area (Å²) in [5.41, 5.74) is 10.6. The Morgan fingerprint density at radius 3 is 2.31 bits per heavy atom. The largest absolute Gasteiger partial charge is 0.372 e. The van der Waals surface area contributed by atoms with Gasteiger partial charge in [0, 0.05) is 13.1 Å². The number of carbonyl (C=O) groups excluding carboxylic acids is 2. The quantitative estimate of drug-likeness (QED) is 0.636. The Labute approximate surface area is 94.9 Å². The lowest BCUT2D eigenvalue weighted by atomic mass is 10.1. The second-order valence-corrected chi connectivity index (χ2v) is 4.28. The lowest BCUT2D eigenvalue weighted by molar-refractivity contribution is -0.145. The van der Waals surface area contributed by atoms with E-state index in [1.54, 1.807) is 4.90 Å². The highest BCUT2D eigenvalue weighted by molar-refractivity contribution is 5.87. The highest BCUT2D eigenvalue weighted by Crippen LogP contribution is 2.11. The Hall–Kier alpha value is -1.14. The molecule has 92 valence electrons. The third kappa shape index (κ3) is 3.46. The van der Waals surface area contributed by atoms with Gasteiger partial charge < -0.3 is 21.1 Å². The minimum atomic E-state index is -0.838. The van der Waals surface area contributed by atoms with Crippen LogP contribution in [0.2, 0.25) is 0 Å². The van der Waals surface area contributed by atoms with Crippen LogP contribution in [0, 0.1) is 0 Å². The molecular weight excluding hydrogens is 210 g/mol. The van der Waals surface area contributed by atoms with Crippen molar-refractivity contribution in [3.63, 3.8) is 0 Å². The molecule has 0 aromatic heterocycles. The third-order valence-electron chi connectivity index (χ3n) is 2.47. The number of ether oxygens (including phenoxy) is 1. The van der Waals surface area contributed by atoms with Gasteiger partial charge in [0.25, 0.3) is 0 Å². The molecule has 1 unspecified atom stereocenters. The van der Waals surface area contributed by atoms with Crippen LogP contribution in [0.15, 0.2) is 0 Å². The molecule has 16 heavy (non-hydrogen) atoms. The minimum absolute atomic E-state index is 0.00604. The number of rotatable bonds is 3. The van der Waals surface area contributed by atoms with Gasteiger partial charge in [-0.1, -0.05) is 0 Å². The molecule has 0 bridgehead atoms. The average molecular weight is 229 g/mol. The normalized spacial score (nSPS) is 27.6. The standard InChI is InChI=1S/C10H19N3O3/c1-6-4-13(5-7(2)16-6)10(15)8(11)3-9(12)14/h6-8H,3-5,11H2,1-2H3,(H2,12,14)/t6-,7+,8?. The fraction of sp³-hybridized carbons (Fsp3) is 0.800. The van der Waals surface area contributed by atoms with E-state index in [9.17, 15) is 9.59 Å². The van der Waals surface area contributed by atoms with Crippen LogP contribution in [-0.2, 0) is 14.3 Å². The molecule has 6 nitrogen and oxygen atoms in total. The molecule has 1 rings (SSSR count). The Kier molecular flexibility index (Phi) is 4.26. The van der Waals surface area contributed by atoms with Crippen LogP contribution in [0.4, 0.5) is 0 Å². The number of primary amides is 1. The topological polar surface area (TPSA) is 98.6 Å². The van der Waals surface area contributed by atoms with Gasteiger partial charge in [0.1, 0.15) is 0 Å². The van der Waals surface area contributed by atoms with Crippen molar-refractivity contribution in [2.75, 3.05) is 13.1 Å². The summed E-state index contributed by atoms with van der Waals surface area (Å²) >= 11 is 0. The number of carbonyl (C=O) groups is 2. The monoisotopic (exact) mass is 229 g/mol. The van der Waals surface area contributed by atoms with Crippen molar-refractivity contribution in [1.29, 1.82) is 0 Å². The van der Waals surface area contributed by atoms with Crippen LogP contribution in [0.1, 0.15) is 20.3 Å². The Morgan fingerprint density at radius 1 is 1.38 bits per heavy atom. The number of nitrogens with two attached hydrogens (primary N) is 2. The predicted octanol–water partition coefficient (Wildman–Crippen LogP) is -1.18. The highest BCUT2D eigenvalue weighted by Gasteiger charge is 2.29. The van der Waals surface area contributed by atoms with Crippen molar-refractivity contribution in [2.24, 2.45) is 11.5 Å². The highest BCUT2D eigenvalue weighted by atomic mass is 16.5. The van der Waals surface area contributed by atoms with Crippen molar-refractivity contribution in [1.82, 2.24) is 4.90 Å². The van der Waals surface area contributed by atoms with Crippen LogP contribution in [0.25, 0.3) is 0 Å². The molecule has 6 heteroatoms. The number of hydrogen-bond donors (Lipinski definition) is 2. The maximum atomic E-state index is 11.9. The van der Waals surface area contributed by atoms with Crippen molar-refractivity contribution >= 4 is 11.8 Å². The first kappa shape index (κ1) is 12.9. The molecule has 0 aromatic carbocycles. The number of hydrogen-bond acceptors (Lipinski definition) is 4. The van der Waals surface area contributed by atoms with E-state index in [0.717, 1.165) is 0 Å². The zero-order valence-corrected chi connectivity index (χ0v) is 9.68. The average Bonchev–Trinajstić information content (AvgIpc) is 2.13. The fourth-order valence-electron chi connectivity index (χ4n) is 1.90. The molecule has 1 heterocycles. The van der Waals surface area contributed by atoms with E-state index in [1.165, 1.54) is 0 Å². The van der Waals surface area contributed by atoms with E-state index >= 15 is 0 Å². The van der Waals surface area contributed by atoms with Crippen molar-refractivity contribution < 1.29 is 14.3 Å². The molecule has 0 aromatic rings. The zero-order valence-electron chi connectivity index (χ0n) is 9.68. The second-order valence-electron chi connectivity index (χ2n) is 4.28. The van der Waals surface area contributed by atoms with Gasteiger partial charge in [-0.3, -0.25) is 9.59 Å². The summed E-state index contributed by atoms with van der Waals surface area (Å²) in [6.07, 6.45) is -0.124. The molecule has 1 saturated heterocycles. The fourth-order valence-corrected chi connectivity index (χ4v) is 1.90. The molecule has 4 N–H and O–H groups in total. The number of nitrogens with zero attached hydrogens (tertiary/aromatic N) is 1. The molecule has 2 amide bonds. The van der Waals surface area contributed by atoms with Gasteiger partial charge in [-0.15, -0.1) is 0 Å². The smallest absolute Gasteiger partial charge is 0.240 e. The number of morpholine rings is 1. The van der Waals surface area contributed by atoms with E-state index < -0.39 is 11.9 Å². The summed E-state index contributed by atoms with van der Waals surface area (Å²) in [6.45, 7) is 4.82. The lowest BCUT2D eigenvalue weighted by Gasteiger charge is -2.36. The first-order valence-electron chi connectivity index (χ1n) is 5.38. The molecule has 1 fully saturated rings. The third-order valence-corrected chi connectivity index (χ3v) is 2.47. The van der Waals surface area contributed by atoms with E-state index in [0.29, 0.717) is 13.1 Å². The molecule has 0 spiro atoms. The molecule has 0 saturated carbocycles. The molecule has 1 aliphatic heterocycles. The molecule has 3 atom stereocenters. The van der Waals surface area contributed by atoms with Crippen LogP contribution in [0.3, 0.4) is 0 Å². The van der Waals surface area contributed by atoms with Gasteiger partial charge in [0.05, 0.1) is 24.7 Å². The van der Waals surface area contributed by atoms with Crippen molar-refractivity contribution in [3.05, 3.63) is 0 Å². The summed E-state index contributed by atoms with van der Waals surface area (Å²) < 4.78 is 5.50. The minimum Gasteiger partial charge on any atom is -0.372 e. The summed E-state index contributed by atoms with van der Waals surface area (Å²) in [7, 11) is 0. The Balaban J connectivity index is 2.55. The lowest BCUT2D eigenvalue weighted by Crippen LogP contribution is -2.53. The molecule has 0 radical (unpaired) electrons. The Bertz CT molecular complexity index is 272. The van der Waals surface area contributed by atoms with E-state index in [2.05, 4.69) is 0 Å². The Morgan fingerprint density at radius 2 is 1.88 bits per heavy atom. The van der Waals surface area contributed by atoms with Gasteiger partial charge in [0.15, 0.2) is 0 Å². The van der Waals surface area contributed by atoms with Gasteiger partial charge in [0.2, 0.25) is 11.8 Å². The van der Waals surface area contributed by atoms with Gasteiger partial charge >= 0.3 is 0 Å².